The summed E-state index contributed by atoms with van der Waals surface area (Å²) in [6.07, 6.45) is -0.570. The van der Waals surface area contributed by atoms with E-state index in [0.29, 0.717) is 10.0 Å². The van der Waals surface area contributed by atoms with Crippen molar-refractivity contribution in [1.29, 1.82) is 0 Å². The number of ether oxygens (including phenoxy) is 1. The molecule has 0 unspecified atom stereocenters. The van der Waals surface area contributed by atoms with E-state index in [0.717, 1.165) is 4.88 Å². The normalized spacial score (nSPS) is 12.4. The maximum absolute atomic E-state index is 11.3. The summed E-state index contributed by atoms with van der Waals surface area (Å²) >= 11 is 7.21. The van der Waals surface area contributed by atoms with E-state index >= 15 is 0 Å². The highest BCUT2D eigenvalue weighted by atomic mass is 35.5. The van der Waals surface area contributed by atoms with Crippen LogP contribution in [0.25, 0.3) is 0 Å². The number of nitrogens with one attached hydrogen (secondary N) is 1. The van der Waals surface area contributed by atoms with E-state index in [1.54, 1.807) is 33.8 Å². The lowest BCUT2D eigenvalue weighted by Crippen LogP contribution is -2.30. The summed E-state index contributed by atoms with van der Waals surface area (Å²) in [6, 6.07) is 3.64. The molecule has 0 atom stereocenters. The summed E-state index contributed by atoms with van der Waals surface area (Å²) in [6.45, 7) is 7.17. The van der Waals surface area contributed by atoms with E-state index in [1.807, 2.05) is 6.07 Å². The Labute approximate surface area is 110 Å². The van der Waals surface area contributed by atoms with E-state index in [9.17, 15) is 4.79 Å². The molecule has 0 saturated heterocycles. The van der Waals surface area contributed by atoms with Crippen LogP contribution in [0.3, 0.4) is 0 Å². The number of carbonyl (C=O) groups excluding carboxylic acids is 1. The fraction of sp³-hybridized carbons (Fsp3) is 0.455. The molecule has 0 aromatic carbocycles. The van der Waals surface area contributed by atoms with E-state index in [-0.39, 0.29) is 0 Å². The molecule has 0 spiro atoms. The minimum atomic E-state index is -0.570. The monoisotopic (exact) mass is 274 g/mol. The van der Waals surface area contributed by atoms with Gasteiger partial charge in [0.05, 0.1) is 14.9 Å². The molecular formula is C11H15ClN2O2S. The Kier molecular flexibility index (Phi) is 4.54. The minimum absolute atomic E-state index is 0.528. The van der Waals surface area contributed by atoms with Gasteiger partial charge in [0, 0.05) is 0 Å². The summed E-state index contributed by atoms with van der Waals surface area (Å²) in [5.74, 6) is 0. The molecule has 4 nitrogen and oxygen atoms in total. The van der Waals surface area contributed by atoms with Gasteiger partial charge >= 0.3 is 6.09 Å². The van der Waals surface area contributed by atoms with Crippen LogP contribution in [0, 0.1) is 0 Å². The number of hydrogen-bond donors (Lipinski definition) is 1. The predicted molar refractivity (Wildman–Crippen MR) is 70.9 cm³/mol. The SMILES string of the molecule is CC(=NNC(=O)OC(C)(C)C)c1ccc(Cl)s1. The fourth-order valence-electron chi connectivity index (χ4n) is 0.994. The van der Waals surface area contributed by atoms with Gasteiger partial charge in [0.15, 0.2) is 0 Å². The van der Waals surface area contributed by atoms with Gasteiger partial charge in [-0.15, -0.1) is 11.3 Å². The molecule has 94 valence electrons. The molecule has 1 aromatic heterocycles. The third kappa shape index (κ3) is 5.19. The number of nitrogens with zero attached hydrogens (tertiary/aromatic N) is 1. The number of hydrogen-bond acceptors (Lipinski definition) is 4. The van der Waals surface area contributed by atoms with E-state index < -0.39 is 11.7 Å². The van der Waals surface area contributed by atoms with Crippen LogP contribution in [0.2, 0.25) is 4.34 Å². The molecule has 1 amide bonds. The molecular weight excluding hydrogens is 260 g/mol. The van der Waals surface area contributed by atoms with Gasteiger partial charge in [-0.05, 0) is 39.8 Å². The molecule has 0 fully saturated rings. The van der Waals surface area contributed by atoms with Crippen LogP contribution in [0.4, 0.5) is 4.79 Å². The molecule has 0 radical (unpaired) electrons. The smallest absolute Gasteiger partial charge is 0.428 e. The molecule has 1 rings (SSSR count). The molecule has 0 saturated carbocycles. The number of thiophene rings is 1. The fourth-order valence-corrected chi connectivity index (χ4v) is 1.98. The summed E-state index contributed by atoms with van der Waals surface area (Å²) in [5, 5.41) is 3.94. The van der Waals surface area contributed by atoms with Crippen molar-refractivity contribution < 1.29 is 9.53 Å². The molecule has 0 aliphatic heterocycles. The number of amides is 1. The zero-order valence-corrected chi connectivity index (χ0v) is 11.8. The molecule has 0 aliphatic carbocycles. The van der Waals surface area contributed by atoms with Crippen molar-refractivity contribution in [2.45, 2.75) is 33.3 Å². The van der Waals surface area contributed by atoms with Crippen molar-refractivity contribution in [2.75, 3.05) is 0 Å². The Morgan fingerprint density at radius 3 is 2.59 bits per heavy atom. The molecule has 0 bridgehead atoms. The highest BCUT2D eigenvalue weighted by Gasteiger charge is 2.15. The van der Waals surface area contributed by atoms with Gasteiger partial charge in [0.25, 0.3) is 0 Å². The van der Waals surface area contributed by atoms with Crippen molar-refractivity contribution in [3.63, 3.8) is 0 Å². The molecule has 1 heterocycles. The topological polar surface area (TPSA) is 50.7 Å². The van der Waals surface area contributed by atoms with Crippen LogP contribution in [0.5, 0.6) is 0 Å². The zero-order valence-electron chi connectivity index (χ0n) is 10.2. The van der Waals surface area contributed by atoms with Gasteiger partial charge in [-0.25, -0.2) is 10.2 Å². The summed E-state index contributed by atoms with van der Waals surface area (Å²) in [4.78, 5) is 12.2. The summed E-state index contributed by atoms with van der Waals surface area (Å²) < 4.78 is 5.74. The maximum Gasteiger partial charge on any atom is 0.428 e. The van der Waals surface area contributed by atoms with Crippen LogP contribution >= 0.6 is 22.9 Å². The van der Waals surface area contributed by atoms with Crippen molar-refractivity contribution >= 4 is 34.7 Å². The van der Waals surface area contributed by atoms with Gasteiger partial charge in [-0.2, -0.15) is 5.10 Å². The Hall–Kier alpha value is -1.07. The van der Waals surface area contributed by atoms with E-state index in [4.69, 9.17) is 16.3 Å². The lowest BCUT2D eigenvalue weighted by atomic mass is 10.2. The predicted octanol–water partition coefficient (Wildman–Crippen LogP) is 3.65. The molecule has 17 heavy (non-hydrogen) atoms. The quantitative estimate of drug-likeness (QED) is 0.661. The Morgan fingerprint density at radius 1 is 1.47 bits per heavy atom. The van der Waals surface area contributed by atoms with Crippen molar-refractivity contribution in [3.8, 4) is 0 Å². The number of rotatable bonds is 2. The zero-order chi connectivity index (χ0) is 13.1. The standard InChI is InChI=1S/C11H15ClN2O2S/c1-7(8-5-6-9(12)17-8)13-14-10(15)16-11(2,3)4/h5-6H,1-4H3,(H,14,15). The van der Waals surface area contributed by atoms with Gasteiger partial charge in [0.2, 0.25) is 0 Å². The maximum atomic E-state index is 11.3. The Balaban J connectivity index is 2.57. The first-order chi connectivity index (χ1) is 7.78. The average Bonchev–Trinajstić information content (AvgIpc) is 2.58. The lowest BCUT2D eigenvalue weighted by Gasteiger charge is -2.18. The van der Waals surface area contributed by atoms with Crippen LogP contribution in [0.1, 0.15) is 32.6 Å². The van der Waals surface area contributed by atoms with Gasteiger partial charge in [0.1, 0.15) is 5.60 Å². The molecule has 0 aliphatic rings. The third-order valence-corrected chi connectivity index (χ3v) is 2.98. The van der Waals surface area contributed by atoms with E-state index in [2.05, 4.69) is 10.5 Å². The van der Waals surface area contributed by atoms with Crippen LogP contribution in [-0.4, -0.2) is 17.4 Å². The van der Waals surface area contributed by atoms with Crippen molar-refractivity contribution in [1.82, 2.24) is 5.43 Å². The van der Waals surface area contributed by atoms with Crippen molar-refractivity contribution in [3.05, 3.63) is 21.3 Å². The second-order valence-corrected chi connectivity index (χ2v) is 6.13. The first kappa shape index (κ1) is 14.0. The van der Waals surface area contributed by atoms with Crippen LogP contribution in [-0.2, 0) is 4.74 Å². The van der Waals surface area contributed by atoms with Crippen LogP contribution < -0.4 is 5.43 Å². The number of halogens is 1. The van der Waals surface area contributed by atoms with Gasteiger partial charge in [-0.3, -0.25) is 0 Å². The minimum Gasteiger partial charge on any atom is -0.443 e. The second-order valence-electron chi connectivity index (χ2n) is 4.41. The Morgan fingerprint density at radius 2 is 2.12 bits per heavy atom. The van der Waals surface area contributed by atoms with Gasteiger partial charge in [-0.1, -0.05) is 11.6 Å². The largest absolute Gasteiger partial charge is 0.443 e. The molecule has 1 aromatic rings. The average molecular weight is 275 g/mol. The molecule has 1 N–H and O–H groups in total. The highest BCUT2D eigenvalue weighted by molar-refractivity contribution is 7.18. The third-order valence-electron chi connectivity index (χ3n) is 1.64. The van der Waals surface area contributed by atoms with Crippen LogP contribution in [0.15, 0.2) is 17.2 Å². The lowest BCUT2D eigenvalue weighted by molar-refractivity contribution is 0.0529. The number of carbonyl (C=O) groups is 1. The number of hydrazone groups is 1. The van der Waals surface area contributed by atoms with E-state index in [1.165, 1.54) is 11.3 Å². The first-order valence-electron chi connectivity index (χ1n) is 5.07. The van der Waals surface area contributed by atoms with Gasteiger partial charge < -0.3 is 4.74 Å². The first-order valence-corrected chi connectivity index (χ1v) is 6.26. The van der Waals surface area contributed by atoms with Crippen molar-refractivity contribution in [2.24, 2.45) is 5.10 Å². The summed E-state index contributed by atoms with van der Waals surface area (Å²) in [7, 11) is 0. The Bertz CT molecular complexity index is 435. The highest BCUT2D eigenvalue weighted by Crippen LogP contribution is 2.21. The molecule has 6 heteroatoms. The second kappa shape index (κ2) is 5.51. The summed E-state index contributed by atoms with van der Waals surface area (Å²) in [5.41, 5.74) is 2.50.